The SMILES string of the molecule is Cc1ccc(-n2cnnc2SCC(=O)Oc2ccc(NC(=O)c3ccccc3)cc2)cc1. The average molecular weight is 445 g/mol. The number of carbonyl (C=O) groups is 2. The fraction of sp³-hybridized carbons (Fsp3) is 0.0833. The summed E-state index contributed by atoms with van der Waals surface area (Å²) in [6.45, 7) is 2.02. The summed E-state index contributed by atoms with van der Waals surface area (Å²) in [4.78, 5) is 24.5. The Balaban J connectivity index is 1.31. The van der Waals surface area contributed by atoms with Crippen LogP contribution in [0.1, 0.15) is 15.9 Å². The van der Waals surface area contributed by atoms with Gasteiger partial charge in [-0.25, -0.2) is 0 Å². The monoisotopic (exact) mass is 444 g/mol. The molecule has 3 aromatic carbocycles. The molecule has 1 heterocycles. The second-order valence-electron chi connectivity index (χ2n) is 6.93. The molecule has 1 aromatic heterocycles. The topological polar surface area (TPSA) is 86.1 Å². The second-order valence-corrected chi connectivity index (χ2v) is 7.87. The van der Waals surface area contributed by atoms with Gasteiger partial charge in [0.2, 0.25) is 0 Å². The molecule has 0 unspecified atom stereocenters. The summed E-state index contributed by atoms with van der Waals surface area (Å²) in [5, 5.41) is 11.4. The quantitative estimate of drug-likeness (QED) is 0.256. The molecule has 0 radical (unpaired) electrons. The van der Waals surface area contributed by atoms with E-state index in [4.69, 9.17) is 4.74 Å². The molecule has 1 amide bonds. The van der Waals surface area contributed by atoms with Gasteiger partial charge in [0.15, 0.2) is 5.16 Å². The number of carbonyl (C=O) groups excluding carboxylic acids is 2. The van der Waals surface area contributed by atoms with Crippen molar-refractivity contribution in [3.05, 3.63) is 96.3 Å². The van der Waals surface area contributed by atoms with E-state index in [9.17, 15) is 9.59 Å². The highest BCUT2D eigenvalue weighted by Crippen LogP contribution is 2.21. The van der Waals surface area contributed by atoms with E-state index >= 15 is 0 Å². The summed E-state index contributed by atoms with van der Waals surface area (Å²) in [5.74, 6) is -0.135. The molecule has 8 heteroatoms. The zero-order valence-electron chi connectivity index (χ0n) is 17.3. The van der Waals surface area contributed by atoms with Gasteiger partial charge < -0.3 is 10.1 Å². The molecule has 0 bridgehead atoms. The highest BCUT2D eigenvalue weighted by atomic mass is 32.2. The summed E-state index contributed by atoms with van der Waals surface area (Å²) in [7, 11) is 0. The number of anilines is 1. The first-order chi connectivity index (χ1) is 15.6. The molecule has 0 saturated heterocycles. The van der Waals surface area contributed by atoms with Crippen LogP contribution < -0.4 is 10.1 Å². The Hall–Kier alpha value is -3.91. The van der Waals surface area contributed by atoms with Crippen molar-refractivity contribution in [1.82, 2.24) is 14.8 Å². The molecule has 4 aromatic rings. The van der Waals surface area contributed by atoms with E-state index in [1.165, 1.54) is 11.8 Å². The third kappa shape index (κ3) is 5.41. The van der Waals surface area contributed by atoms with Gasteiger partial charge in [-0.05, 0) is 55.5 Å². The van der Waals surface area contributed by atoms with E-state index in [0.29, 0.717) is 22.2 Å². The average Bonchev–Trinajstić information content (AvgIpc) is 3.29. The van der Waals surface area contributed by atoms with Crippen molar-refractivity contribution < 1.29 is 14.3 Å². The smallest absolute Gasteiger partial charge is 0.321 e. The van der Waals surface area contributed by atoms with E-state index in [0.717, 1.165) is 11.3 Å². The molecule has 0 aliphatic rings. The Morgan fingerprint density at radius 1 is 0.969 bits per heavy atom. The number of thioether (sulfide) groups is 1. The van der Waals surface area contributed by atoms with Gasteiger partial charge in [0.05, 0.1) is 5.75 Å². The van der Waals surface area contributed by atoms with Crippen molar-refractivity contribution in [3.63, 3.8) is 0 Å². The molecular formula is C24H20N4O3S. The Morgan fingerprint density at radius 2 is 1.69 bits per heavy atom. The Morgan fingerprint density at radius 3 is 2.41 bits per heavy atom. The van der Waals surface area contributed by atoms with Crippen LogP contribution in [-0.4, -0.2) is 32.4 Å². The zero-order chi connectivity index (χ0) is 22.3. The number of ether oxygens (including phenoxy) is 1. The summed E-state index contributed by atoms with van der Waals surface area (Å²) in [5.41, 5.74) is 3.26. The molecule has 4 rings (SSSR count). The first-order valence-electron chi connectivity index (χ1n) is 9.85. The lowest BCUT2D eigenvalue weighted by atomic mass is 10.2. The van der Waals surface area contributed by atoms with E-state index in [1.807, 2.05) is 41.8 Å². The predicted octanol–water partition coefficient (Wildman–Crippen LogP) is 4.53. The van der Waals surface area contributed by atoms with Crippen molar-refractivity contribution in [2.24, 2.45) is 0 Å². The summed E-state index contributed by atoms with van der Waals surface area (Å²) in [6.07, 6.45) is 1.61. The van der Waals surface area contributed by atoms with Crippen molar-refractivity contribution in [2.75, 3.05) is 11.1 Å². The maximum absolute atomic E-state index is 12.3. The lowest BCUT2D eigenvalue weighted by Crippen LogP contribution is -2.12. The molecule has 32 heavy (non-hydrogen) atoms. The van der Waals surface area contributed by atoms with Gasteiger partial charge in [0.1, 0.15) is 12.1 Å². The van der Waals surface area contributed by atoms with Crippen LogP contribution in [0.25, 0.3) is 5.69 Å². The van der Waals surface area contributed by atoms with Crippen molar-refractivity contribution in [3.8, 4) is 11.4 Å². The molecule has 0 fully saturated rings. The lowest BCUT2D eigenvalue weighted by Gasteiger charge is -2.08. The number of aromatic nitrogens is 3. The Kier molecular flexibility index (Phi) is 6.62. The second kappa shape index (κ2) is 9.93. The fourth-order valence-electron chi connectivity index (χ4n) is 2.89. The summed E-state index contributed by atoms with van der Waals surface area (Å²) in [6, 6.07) is 23.5. The van der Waals surface area contributed by atoms with Gasteiger partial charge in [-0.15, -0.1) is 10.2 Å². The summed E-state index contributed by atoms with van der Waals surface area (Å²) >= 11 is 1.25. The third-order valence-electron chi connectivity index (χ3n) is 4.53. The number of esters is 1. The Labute approximate surface area is 189 Å². The van der Waals surface area contributed by atoms with Crippen LogP contribution in [0, 0.1) is 6.92 Å². The number of hydrogen-bond acceptors (Lipinski definition) is 6. The molecule has 1 N–H and O–H groups in total. The molecular weight excluding hydrogens is 424 g/mol. The highest BCUT2D eigenvalue weighted by molar-refractivity contribution is 7.99. The van der Waals surface area contributed by atoms with Crippen LogP contribution in [0.4, 0.5) is 5.69 Å². The molecule has 0 aliphatic carbocycles. The van der Waals surface area contributed by atoms with Crippen molar-refractivity contribution >= 4 is 29.3 Å². The number of nitrogens with one attached hydrogen (secondary N) is 1. The molecule has 0 aliphatic heterocycles. The molecule has 7 nitrogen and oxygen atoms in total. The Bertz CT molecular complexity index is 1210. The normalized spacial score (nSPS) is 10.5. The van der Waals surface area contributed by atoms with Crippen molar-refractivity contribution in [2.45, 2.75) is 12.1 Å². The van der Waals surface area contributed by atoms with E-state index in [1.54, 1.807) is 54.9 Å². The largest absolute Gasteiger partial charge is 0.426 e. The van der Waals surface area contributed by atoms with Crippen LogP contribution in [0.3, 0.4) is 0 Å². The third-order valence-corrected chi connectivity index (χ3v) is 5.44. The molecule has 0 saturated carbocycles. The zero-order valence-corrected chi connectivity index (χ0v) is 18.1. The number of nitrogens with zero attached hydrogens (tertiary/aromatic N) is 3. The number of hydrogen-bond donors (Lipinski definition) is 1. The fourth-order valence-corrected chi connectivity index (χ4v) is 3.59. The standard InChI is InChI=1S/C24H20N4O3S/c1-17-7-11-20(12-8-17)28-16-25-27-24(28)32-15-22(29)31-21-13-9-19(10-14-21)26-23(30)18-5-3-2-4-6-18/h2-14,16H,15H2,1H3,(H,26,30). The molecule has 160 valence electrons. The van der Waals surface area contributed by atoms with Crippen molar-refractivity contribution in [1.29, 1.82) is 0 Å². The predicted molar refractivity (Wildman–Crippen MR) is 123 cm³/mol. The van der Waals surface area contributed by atoms with Gasteiger partial charge in [-0.2, -0.15) is 0 Å². The van der Waals surface area contributed by atoms with Crippen LogP contribution in [0.5, 0.6) is 5.75 Å². The maximum Gasteiger partial charge on any atom is 0.321 e. The van der Waals surface area contributed by atoms with Crippen LogP contribution >= 0.6 is 11.8 Å². The first-order valence-corrected chi connectivity index (χ1v) is 10.8. The van der Waals surface area contributed by atoms with Crippen LogP contribution in [0.15, 0.2) is 90.3 Å². The molecule has 0 atom stereocenters. The first kappa shape index (κ1) is 21.3. The van der Waals surface area contributed by atoms with Gasteiger partial charge >= 0.3 is 5.97 Å². The van der Waals surface area contributed by atoms with E-state index < -0.39 is 5.97 Å². The highest BCUT2D eigenvalue weighted by Gasteiger charge is 2.12. The number of aryl methyl sites for hydroxylation is 1. The van der Waals surface area contributed by atoms with Crippen LogP contribution in [0.2, 0.25) is 0 Å². The molecule has 0 spiro atoms. The maximum atomic E-state index is 12.3. The minimum atomic E-state index is -0.408. The number of amides is 1. The van der Waals surface area contributed by atoms with Gasteiger partial charge in [0.25, 0.3) is 5.91 Å². The summed E-state index contributed by atoms with van der Waals surface area (Å²) < 4.78 is 7.21. The van der Waals surface area contributed by atoms with Gasteiger partial charge in [-0.3, -0.25) is 14.2 Å². The number of rotatable bonds is 7. The van der Waals surface area contributed by atoms with Gasteiger partial charge in [-0.1, -0.05) is 47.7 Å². The van der Waals surface area contributed by atoms with E-state index in [2.05, 4.69) is 15.5 Å². The van der Waals surface area contributed by atoms with Gasteiger partial charge in [0, 0.05) is 16.9 Å². The van der Waals surface area contributed by atoms with Crippen LogP contribution in [-0.2, 0) is 4.79 Å². The lowest BCUT2D eigenvalue weighted by molar-refractivity contribution is -0.131. The van der Waals surface area contributed by atoms with E-state index in [-0.39, 0.29) is 11.7 Å². The minimum absolute atomic E-state index is 0.0804. The minimum Gasteiger partial charge on any atom is -0.426 e. The number of benzene rings is 3.